The van der Waals surface area contributed by atoms with Gasteiger partial charge in [-0.3, -0.25) is 4.90 Å². The molecule has 3 rings (SSSR count). The van der Waals surface area contributed by atoms with Crippen LogP contribution in [0.3, 0.4) is 0 Å². The van der Waals surface area contributed by atoms with Crippen molar-refractivity contribution < 1.29 is 0 Å². The van der Waals surface area contributed by atoms with E-state index in [-0.39, 0.29) is 6.04 Å². The molecule has 0 spiro atoms. The van der Waals surface area contributed by atoms with Gasteiger partial charge in [-0.1, -0.05) is 6.92 Å². The number of fused-ring (bicyclic) bond motifs is 1. The van der Waals surface area contributed by atoms with Crippen LogP contribution in [0.2, 0.25) is 0 Å². The summed E-state index contributed by atoms with van der Waals surface area (Å²) in [5, 5.41) is 1.20. The quantitative estimate of drug-likeness (QED) is 0.900. The van der Waals surface area contributed by atoms with E-state index in [9.17, 15) is 0 Å². The highest BCUT2D eigenvalue weighted by Gasteiger charge is 2.27. The lowest BCUT2D eigenvalue weighted by Gasteiger charge is -2.39. The lowest BCUT2D eigenvalue weighted by Crippen LogP contribution is -2.51. The topological polar surface area (TPSA) is 45.4 Å². The lowest BCUT2D eigenvalue weighted by atomic mass is 9.99. The molecule has 0 bridgehead atoms. The molecule has 1 fully saturated rings. The molecule has 2 aliphatic rings. The van der Waals surface area contributed by atoms with Gasteiger partial charge in [0.2, 0.25) is 0 Å². The number of likely N-dealkylation sites (N-methyl/N-ethyl adjacent to an activating group) is 1. The van der Waals surface area contributed by atoms with Crippen LogP contribution in [0.15, 0.2) is 0 Å². The van der Waals surface area contributed by atoms with Crippen LogP contribution >= 0.6 is 11.3 Å². The van der Waals surface area contributed by atoms with Gasteiger partial charge in [-0.25, -0.2) is 4.98 Å². The van der Waals surface area contributed by atoms with Gasteiger partial charge >= 0.3 is 0 Å². The van der Waals surface area contributed by atoms with Crippen LogP contribution in [-0.4, -0.2) is 42.1 Å². The molecule has 106 valence electrons. The molecular weight excluding hydrogens is 256 g/mol. The van der Waals surface area contributed by atoms with Gasteiger partial charge in [0.25, 0.3) is 0 Å². The summed E-state index contributed by atoms with van der Waals surface area (Å²) in [5.41, 5.74) is 7.36. The highest BCUT2D eigenvalue weighted by atomic mass is 32.1. The highest BCUT2D eigenvalue weighted by Crippen LogP contribution is 2.36. The fourth-order valence-electron chi connectivity index (χ4n) is 3.21. The average Bonchev–Trinajstić information content (AvgIpc) is 2.84. The molecule has 2 N–H and O–H groups in total. The number of piperazine rings is 1. The predicted octanol–water partition coefficient (Wildman–Crippen LogP) is 2.01. The number of hydrogen-bond donors (Lipinski definition) is 1. The van der Waals surface area contributed by atoms with Crippen molar-refractivity contribution in [3.05, 3.63) is 10.6 Å². The van der Waals surface area contributed by atoms with Crippen molar-refractivity contribution in [2.45, 2.75) is 45.2 Å². The van der Waals surface area contributed by atoms with E-state index < -0.39 is 0 Å². The number of nitrogens with zero attached hydrogens (tertiary/aromatic N) is 3. The van der Waals surface area contributed by atoms with Crippen LogP contribution in [0, 0.1) is 0 Å². The molecule has 1 saturated heterocycles. The summed E-state index contributed by atoms with van der Waals surface area (Å²) in [6, 6.07) is 0.788. The molecule has 1 aromatic heterocycles. The zero-order valence-corrected chi connectivity index (χ0v) is 12.7. The summed E-state index contributed by atoms with van der Waals surface area (Å²) in [6.07, 6.45) is 3.48. The number of nitrogens with two attached hydrogens (primary N) is 1. The summed E-state index contributed by atoms with van der Waals surface area (Å²) in [7, 11) is 0. The van der Waals surface area contributed by atoms with Crippen LogP contribution < -0.4 is 10.6 Å². The number of rotatable bonds is 2. The average molecular weight is 280 g/mol. The Hall–Kier alpha value is -0.650. The van der Waals surface area contributed by atoms with Gasteiger partial charge in [0, 0.05) is 36.6 Å². The molecule has 0 aromatic carbocycles. The van der Waals surface area contributed by atoms with Gasteiger partial charge in [0.1, 0.15) is 0 Å². The van der Waals surface area contributed by atoms with E-state index >= 15 is 0 Å². The van der Waals surface area contributed by atoms with E-state index in [1.54, 1.807) is 0 Å². The minimum atomic E-state index is 0.170. The minimum Gasteiger partial charge on any atom is -0.345 e. The first-order valence-corrected chi connectivity index (χ1v) is 8.25. The van der Waals surface area contributed by atoms with E-state index in [1.165, 1.54) is 28.5 Å². The maximum Gasteiger partial charge on any atom is 0.185 e. The maximum absolute atomic E-state index is 6.18. The first-order valence-electron chi connectivity index (χ1n) is 7.43. The third-order valence-electron chi connectivity index (χ3n) is 4.43. The summed E-state index contributed by atoms with van der Waals surface area (Å²) in [4.78, 5) is 11.3. The second-order valence-electron chi connectivity index (χ2n) is 5.73. The summed E-state index contributed by atoms with van der Waals surface area (Å²) in [5.74, 6) is 0. The van der Waals surface area contributed by atoms with Gasteiger partial charge in [-0.2, -0.15) is 0 Å². The minimum absolute atomic E-state index is 0.170. The van der Waals surface area contributed by atoms with Crippen molar-refractivity contribution in [3.8, 4) is 0 Å². The Balaban J connectivity index is 1.76. The fraction of sp³-hybridized carbons (Fsp3) is 0.786. The van der Waals surface area contributed by atoms with E-state index in [0.717, 1.165) is 32.6 Å². The van der Waals surface area contributed by atoms with Crippen molar-refractivity contribution in [2.75, 3.05) is 31.1 Å². The summed E-state index contributed by atoms with van der Waals surface area (Å²) >= 11 is 1.87. The highest BCUT2D eigenvalue weighted by molar-refractivity contribution is 7.15. The monoisotopic (exact) mass is 280 g/mol. The maximum atomic E-state index is 6.18. The molecule has 1 aromatic rings. The molecule has 19 heavy (non-hydrogen) atoms. The summed E-state index contributed by atoms with van der Waals surface area (Å²) < 4.78 is 0. The Bertz CT molecular complexity index is 445. The van der Waals surface area contributed by atoms with Gasteiger partial charge in [-0.15, -0.1) is 11.3 Å². The first kappa shape index (κ1) is 13.3. The van der Waals surface area contributed by atoms with Gasteiger partial charge in [-0.05, 0) is 32.7 Å². The lowest BCUT2D eigenvalue weighted by molar-refractivity contribution is 0.199. The van der Waals surface area contributed by atoms with Crippen molar-refractivity contribution >= 4 is 16.5 Å². The Morgan fingerprint density at radius 1 is 1.42 bits per heavy atom. The Morgan fingerprint density at radius 3 is 2.95 bits per heavy atom. The van der Waals surface area contributed by atoms with E-state index in [2.05, 4.69) is 23.6 Å². The zero-order valence-electron chi connectivity index (χ0n) is 11.9. The van der Waals surface area contributed by atoms with Crippen LogP contribution in [0.1, 0.15) is 43.3 Å². The largest absolute Gasteiger partial charge is 0.345 e. The van der Waals surface area contributed by atoms with E-state index in [0.29, 0.717) is 6.04 Å². The van der Waals surface area contributed by atoms with E-state index in [4.69, 9.17) is 10.7 Å². The Labute approximate surface area is 119 Å². The third kappa shape index (κ3) is 2.51. The summed E-state index contributed by atoms with van der Waals surface area (Å²) in [6.45, 7) is 9.04. The second-order valence-corrected chi connectivity index (χ2v) is 6.79. The number of hydrogen-bond acceptors (Lipinski definition) is 5. The second kappa shape index (κ2) is 5.38. The number of aromatic nitrogens is 1. The number of aryl methyl sites for hydroxylation is 1. The number of thiazole rings is 1. The predicted molar refractivity (Wildman–Crippen MR) is 80.9 cm³/mol. The third-order valence-corrected chi connectivity index (χ3v) is 5.62. The normalized spacial score (nSPS) is 28.5. The van der Waals surface area contributed by atoms with Crippen molar-refractivity contribution in [1.82, 2.24) is 9.88 Å². The van der Waals surface area contributed by atoms with E-state index in [1.807, 2.05) is 11.3 Å². The van der Waals surface area contributed by atoms with Crippen LogP contribution in [0.5, 0.6) is 0 Å². The molecule has 2 atom stereocenters. The Morgan fingerprint density at radius 2 is 2.26 bits per heavy atom. The standard InChI is InChI=1S/C14H24N4S/c1-3-17-7-8-18(9-10(17)2)14-16-13-11(15)5-4-6-12(13)19-14/h10-11H,3-9,15H2,1-2H3. The molecule has 2 unspecified atom stereocenters. The molecule has 0 saturated carbocycles. The first-order chi connectivity index (χ1) is 9.19. The van der Waals surface area contributed by atoms with Gasteiger partial charge < -0.3 is 10.6 Å². The molecule has 5 heteroatoms. The van der Waals surface area contributed by atoms with Crippen molar-refractivity contribution in [3.63, 3.8) is 0 Å². The molecule has 2 heterocycles. The van der Waals surface area contributed by atoms with Crippen molar-refractivity contribution in [2.24, 2.45) is 5.73 Å². The van der Waals surface area contributed by atoms with Gasteiger partial charge in [0.15, 0.2) is 5.13 Å². The molecule has 0 radical (unpaired) electrons. The van der Waals surface area contributed by atoms with Crippen LogP contribution in [0.25, 0.3) is 0 Å². The fourth-order valence-corrected chi connectivity index (χ4v) is 4.42. The zero-order chi connectivity index (χ0) is 13.4. The number of anilines is 1. The van der Waals surface area contributed by atoms with Crippen LogP contribution in [-0.2, 0) is 6.42 Å². The van der Waals surface area contributed by atoms with Crippen molar-refractivity contribution in [1.29, 1.82) is 0 Å². The molecule has 1 aliphatic carbocycles. The molecular formula is C14H24N4S. The molecule has 0 amide bonds. The Kier molecular flexibility index (Phi) is 3.78. The molecule has 4 nitrogen and oxygen atoms in total. The SMILES string of the molecule is CCN1CCN(c2nc3c(s2)CCCC3N)CC1C. The smallest absolute Gasteiger partial charge is 0.185 e. The van der Waals surface area contributed by atoms with Crippen LogP contribution in [0.4, 0.5) is 5.13 Å². The van der Waals surface area contributed by atoms with Gasteiger partial charge in [0.05, 0.1) is 5.69 Å². The molecule has 1 aliphatic heterocycles.